The third-order valence-corrected chi connectivity index (χ3v) is 6.56. The second-order valence-corrected chi connectivity index (χ2v) is 8.98. The summed E-state index contributed by atoms with van der Waals surface area (Å²) in [7, 11) is 1.66. The van der Waals surface area contributed by atoms with Gasteiger partial charge >= 0.3 is 0 Å². The van der Waals surface area contributed by atoms with Crippen molar-refractivity contribution in [2.75, 3.05) is 38.2 Å². The number of piperazine rings is 1. The number of hydrogen-bond donors (Lipinski definition) is 0. The molecule has 4 aromatic rings. The summed E-state index contributed by atoms with van der Waals surface area (Å²) in [5.74, 6) is 1.94. The lowest BCUT2D eigenvalue weighted by molar-refractivity contribution is 0.0747. The monoisotopic (exact) mass is 517 g/mol. The molecule has 6 nitrogen and oxygen atoms in total. The summed E-state index contributed by atoms with van der Waals surface area (Å²) in [6.07, 6.45) is 1.70. The predicted octanol–water partition coefficient (Wildman–Crippen LogP) is 5.74. The van der Waals surface area contributed by atoms with E-state index in [1.807, 2.05) is 65.6 Å². The van der Waals surface area contributed by atoms with E-state index in [-0.39, 0.29) is 5.91 Å². The molecule has 0 bridgehead atoms. The fraction of sp³-hybridized carbons (Fsp3) is 0.185. The smallest absolute Gasteiger partial charge is 0.254 e. The van der Waals surface area contributed by atoms with E-state index in [4.69, 9.17) is 9.15 Å². The van der Waals surface area contributed by atoms with Crippen LogP contribution in [0.5, 0.6) is 5.75 Å². The minimum Gasteiger partial charge on any atom is -0.497 e. The molecule has 3 aromatic carbocycles. The molecule has 0 atom stereocenters. The molecule has 0 N–H and O–H groups in total. The fourth-order valence-electron chi connectivity index (χ4n) is 4.13. The SMILES string of the molecule is COc1ccc(N2CCN(C(=O)c3ccccc3-c3ncc(-c4ccc(Br)cc4)o3)CC2)cc1. The number of carbonyl (C=O) groups excluding carboxylic acids is 1. The van der Waals surface area contributed by atoms with Crippen molar-refractivity contribution in [1.29, 1.82) is 0 Å². The summed E-state index contributed by atoms with van der Waals surface area (Å²) in [4.78, 5) is 22.1. The van der Waals surface area contributed by atoms with Gasteiger partial charge in [0.15, 0.2) is 5.76 Å². The number of carbonyl (C=O) groups is 1. The maximum absolute atomic E-state index is 13.5. The number of amides is 1. The van der Waals surface area contributed by atoms with Crippen LogP contribution in [0.3, 0.4) is 0 Å². The summed E-state index contributed by atoms with van der Waals surface area (Å²) in [5, 5.41) is 0. The highest BCUT2D eigenvalue weighted by Gasteiger charge is 2.25. The minimum atomic E-state index is -0.00614. The summed E-state index contributed by atoms with van der Waals surface area (Å²) in [5.41, 5.74) is 3.37. The van der Waals surface area contributed by atoms with Crippen molar-refractivity contribution in [3.8, 4) is 28.5 Å². The molecule has 0 radical (unpaired) electrons. The second kappa shape index (κ2) is 9.73. The zero-order chi connectivity index (χ0) is 23.5. The molecule has 1 amide bonds. The van der Waals surface area contributed by atoms with Gasteiger partial charge in [0.05, 0.1) is 18.9 Å². The number of hydrogen-bond acceptors (Lipinski definition) is 5. The molecule has 1 aromatic heterocycles. The Labute approximate surface area is 206 Å². The Morgan fingerprint density at radius 3 is 2.35 bits per heavy atom. The average Bonchev–Trinajstić information content (AvgIpc) is 3.39. The van der Waals surface area contributed by atoms with Gasteiger partial charge in [-0.3, -0.25) is 4.79 Å². The van der Waals surface area contributed by atoms with E-state index >= 15 is 0 Å². The van der Waals surface area contributed by atoms with Crippen molar-refractivity contribution in [3.05, 3.63) is 89.0 Å². The number of aromatic nitrogens is 1. The lowest BCUT2D eigenvalue weighted by Crippen LogP contribution is -2.48. The molecule has 34 heavy (non-hydrogen) atoms. The molecule has 1 aliphatic heterocycles. The third kappa shape index (κ3) is 4.56. The van der Waals surface area contributed by atoms with Gasteiger partial charge in [-0.2, -0.15) is 0 Å². The summed E-state index contributed by atoms with van der Waals surface area (Å²) in [6.45, 7) is 2.84. The molecule has 0 spiro atoms. The van der Waals surface area contributed by atoms with E-state index < -0.39 is 0 Å². The predicted molar refractivity (Wildman–Crippen MR) is 136 cm³/mol. The number of oxazole rings is 1. The van der Waals surface area contributed by atoms with Crippen LogP contribution in [-0.4, -0.2) is 49.1 Å². The van der Waals surface area contributed by atoms with Crippen molar-refractivity contribution >= 4 is 27.5 Å². The van der Waals surface area contributed by atoms with Crippen LogP contribution in [0.4, 0.5) is 5.69 Å². The van der Waals surface area contributed by atoms with Crippen molar-refractivity contribution in [2.45, 2.75) is 0 Å². The standard InChI is InChI=1S/C27H24BrN3O3/c1-33-22-12-10-21(11-13-22)30-14-16-31(17-15-30)27(32)24-5-3-2-4-23(24)26-29-18-25(34-26)19-6-8-20(28)9-7-19/h2-13,18H,14-17H2,1H3. The van der Waals surface area contributed by atoms with Crippen LogP contribution >= 0.6 is 15.9 Å². The van der Waals surface area contributed by atoms with Crippen LogP contribution in [0.25, 0.3) is 22.8 Å². The Morgan fingerprint density at radius 1 is 0.941 bits per heavy atom. The Bertz CT molecular complexity index is 1280. The van der Waals surface area contributed by atoms with Crippen molar-refractivity contribution in [1.82, 2.24) is 9.88 Å². The topological polar surface area (TPSA) is 58.8 Å². The van der Waals surface area contributed by atoms with Gasteiger partial charge in [-0.05, 0) is 48.5 Å². The number of ether oxygens (including phenoxy) is 1. The fourth-order valence-corrected chi connectivity index (χ4v) is 4.40. The summed E-state index contributed by atoms with van der Waals surface area (Å²) in [6, 6.07) is 23.4. The van der Waals surface area contributed by atoms with E-state index in [1.54, 1.807) is 13.3 Å². The van der Waals surface area contributed by atoms with Gasteiger partial charge in [-0.15, -0.1) is 0 Å². The second-order valence-electron chi connectivity index (χ2n) is 8.06. The van der Waals surface area contributed by atoms with Gasteiger partial charge in [0.2, 0.25) is 5.89 Å². The number of nitrogens with zero attached hydrogens (tertiary/aromatic N) is 3. The molecule has 172 valence electrons. The molecule has 0 aliphatic carbocycles. The maximum atomic E-state index is 13.5. The normalized spacial score (nSPS) is 13.7. The highest BCUT2D eigenvalue weighted by molar-refractivity contribution is 9.10. The van der Waals surface area contributed by atoms with Gasteiger partial charge in [0.1, 0.15) is 5.75 Å². The first-order chi connectivity index (χ1) is 16.6. The molecular weight excluding hydrogens is 494 g/mol. The zero-order valence-corrected chi connectivity index (χ0v) is 20.4. The largest absolute Gasteiger partial charge is 0.497 e. The number of rotatable bonds is 5. The van der Waals surface area contributed by atoms with Gasteiger partial charge in [0, 0.05) is 47.5 Å². The third-order valence-electron chi connectivity index (χ3n) is 6.03. The van der Waals surface area contributed by atoms with E-state index in [9.17, 15) is 4.79 Å². The van der Waals surface area contributed by atoms with Gasteiger partial charge < -0.3 is 19.0 Å². The van der Waals surface area contributed by atoms with E-state index in [2.05, 4.69) is 37.9 Å². The molecule has 1 aliphatic rings. The quantitative estimate of drug-likeness (QED) is 0.337. The average molecular weight is 518 g/mol. The van der Waals surface area contributed by atoms with E-state index in [1.165, 1.54) is 0 Å². The summed E-state index contributed by atoms with van der Waals surface area (Å²) < 4.78 is 12.3. The number of benzene rings is 3. The van der Waals surface area contributed by atoms with E-state index in [0.717, 1.165) is 34.6 Å². The molecule has 0 unspecified atom stereocenters. The first kappa shape index (κ1) is 22.2. The number of anilines is 1. The zero-order valence-electron chi connectivity index (χ0n) is 18.8. The van der Waals surface area contributed by atoms with Gasteiger partial charge in [-0.1, -0.05) is 40.2 Å². The molecule has 0 saturated carbocycles. The Balaban J connectivity index is 1.32. The first-order valence-corrected chi connectivity index (χ1v) is 11.9. The lowest BCUT2D eigenvalue weighted by atomic mass is 10.1. The molecule has 1 fully saturated rings. The Hall–Kier alpha value is -3.58. The van der Waals surface area contributed by atoms with Crippen molar-refractivity contribution in [3.63, 3.8) is 0 Å². The van der Waals surface area contributed by atoms with Gasteiger partial charge in [0.25, 0.3) is 5.91 Å². The van der Waals surface area contributed by atoms with Crippen LogP contribution in [-0.2, 0) is 0 Å². The molecule has 7 heteroatoms. The Morgan fingerprint density at radius 2 is 1.65 bits per heavy atom. The van der Waals surface area contributed by atoms with Crippen LogP contribution in [0.2, 0.25) is 0 Å². The van der Waals surface area contributed by atoms with E-state index in [0.29, 0.717) is 35.9 Å². The van der Waals surface area contributed by atoms with Crippen molar-refractivity contribution < 1.29 is 13.9 Å². The maximum Gasteiger partial charge on any atom is 0.254 e. The van der Waals surface area contributed by atoms with Crippen LogP contribution in [0, 0.1) is 0 Å². The highest BCUT2D eigenvalue weighted by Crippen LogP contribution is 2.30. The lowest BCUT2D eigenvalue weighted by Gasteiger charge is -2.36. The number of methoxy groups -OCH3 is 1. The highest BCUT2D eigenvalue weighted by atomic mass is 79.9. The molecule has 5 rings (SSSR count). The van der Waals surface area contributed by atoms with Gasteiger partial charge in [-0.25, -0.2) is 4.98 Å². The Kier molecular flexibility index (Phi) is 6.36. The van der Waals surface area contributed by atoms with Crippen LogP contribution in [0.1, 0.15) is 10.4 Å². The molecule has 2 heterocycles. The summed E-state index contributed by atoms with van der Waals surface area (Å²) >= 11 is 3.45. The van der Waals surface area contributed by atoms with Crippen molar-refractivity contribution in [2.24, 2.45) is 0 Å². The first-order valence-electron chi connectivity index (χ1n) is 11.1. The molecule has 1 saturated heterocycles. The minimum absolute atomic E-state index is 0.00614. The van der Waals surface area contributed by atoms with Crippen LogP contribution < -0.4 is 9.64 Å². The number of halogens is 1. The molecular formula is C27H24BrN3O3. The van der Waals surface area contributed by atoms with Crippen LogP contribution in [0.15, 0.2) is 87.9 Å².